The normalized spacial score (nSPS) is 15.2. The molecule has 2 amide bonds. The summed E-state index contributed by atoms with van der Waals surface area (Å²) >= 11 is 0. The van der Waals surface area contributed by atoms with Crippen LogP contribution in [0.5, 0.6) is 11.5 Å². The van der Waals surface area contributed by atoms with Crippen LogP contribution in [0.4, 0.5) is 10.5 Å². The van der Waals surface area contributed by atoms with Gasteiger partial charge in [-0.15, -0.1) is 0 Å². The van der Waals surface area contributed by atoms with Crippen LogP contribution < -0.4 is 14.8 Å². The number of fused-ring (bicyclic) bond motifs is 1. The number of urea groups is 1. The maximum Gasteiger partial charge on any atom is 0.321 e. The van der Waals surface area contributed by atoms with Gasteiger partial charge in [-0.05, 0) is 12.1 Å². The van der Waals surface area contributed by atoms with E-state index in [-0.39, 0.29) is 6.03 Å². The Balaban J connectivity index is 2.17. The van der Waals surface area contributed by atoms with E-state index in [4.69, 9.17) is 9.47 Å². The average molecular weight is 264 g/mol. The zero-order valence-corrected chi connectivity index (χ0v) is 11.8. The summed E-state index contributed by atoms with van der Waals surface area (Å²) in [6, 6.07) is 5.26. The van der Waals surface area contributed by atoms with Gasteiger partial charge in [-0.3, -0.25) is 0 Å². The van der Waals surface area contributed by atoms with Crippen molar-refractivity contribution in [1.82, 2.24) is 4.90 Å². The monoisotopic (exact) mass is 264 g/mol. The van der Waals surface area contributed by atoms with E-state index < -0.39 is 5.79 Å². The molecule has 1 heterocycles. The lowest BCUT2D eigenvalue weighted by Crippen LogP contribution is -2.36. The van der Waals surface area contributed by atoms with Crippen LogP contribution in [-0.4, -0.2) is 30.8 Å². The molecule has 1 aliphatic rings. The minimum absolute atomic E-state index is 0.170. The lowest BCUT2D eigenvalue weighted by Gasteiger charge is -2.24. The van der Waals surface area contributed by atoms with Crippen LogP contribution in [0.3, 0.4) is 0 Å². The predicted octanol–water partition coefficient (Wildman–Crippen LogP) is 3.07. The van der Waals surface area contributed by atoms with Gasteiger partial charge in [-0.1, -0.05) is 13.8 Å². The van der Waals surface area contributed by atoms with Crippen LogP contribution in [0, 0.1) is 0 Å². The highest BCUT2D eigenvalue weighted by Gasteiger charge is 2.38. The molecule has 0 saturated carbocycles. The molecule has 104 valence electrons. The number of anilines is 1. The number of carbonyl (C=O) groups excluding carboxylic acids is 1. The Morgan fingerprint density at radius 1 is 1.21 bits per heavy atom. The first-order chi connectivity index (χ1) is 8.99. The van der Waals surface area contributed by atoms with Gasteiger partial charge in [0.25, 0.3) is 5.79 Å². The van der Waals surface area contributed by atoms with E-state index in [0.717, 1.165) is 18.6 Å². The average Bonchev–Trinajstić information content (AvgIpc) is 2.77. The largest absolute Gasteiger partial charge is 0.448 e. The number of ether oxygens (including phenoxy) is 2. The van der Waals surface area contributed by atoms with Crippen molar-refractivity contribution in [3.8, 4) is 11.5 Å². The lowest BCUT2D eigenvalue weighted by molar-refractivity contribution is -0.0843. The minimum Gasteiger partial charge on any atom is -0.448 e. The number of amides is 2. The quantitative estimate of drug-likeness (QED) is 0.912. The Morgan fingerprint density at radius 2 is 1.84 bits per heavy atom. The molecule has 5 heteroatoms. The van der Waals surface area contributed by atoms with Crippen molar-refractivity contribution in [3.63, 3.8) is 0 Å². The van der Waals surface area contributed by atoms with E-state index in [0.29, 0.717) is 11.4 Å². The minimum atomic E-state index is -0.563. The van der Waals surface area contributed by atoms with Crippen LogP contribution in [0.15, 0.2) is 18.2 Å². The molecule has 1 aliphatic heterocycles. The molecule has 0 spiro atoms. The number of benzene rings is 1. The third-order valence-electron chi connectivity index (χ3n) is 3.27. The zero-order valence-electron chi connectivity index (χ0n) is 11.8. The van der Waals surface area contributed by atoms with Crippen molar-refractivity contribution < 1.29 is 14.3 Å². The highest BCUT2D eigenvalue weighted by atomic mass is 16.7. The molecule has 0 unspecified atom stereocenters. The van der Waals surface area contributed by atoms with Crippen molar-refractivity contribution in [2.75, 3.05) is 19.4 Å². The third-order valence-corrected chi connectivity index (χ3v) is 3.27. The van der Waals surface area contributed by atoms with E-state index in [1.807, 2.05) is 26.0 Å². The van der Waals surface area contributed by atoms with Crippen molar-refractivity contribution >= 4 is 11.7 Å². The second kappa shape index (κ2) is 4.99. The zero-order chi connectivity index (χ0) is 14.0. The van der Waals surface area contributed by atoms with Gasteiger partial charge < -0.3 is 19.7 Å². The summed E-state index contributed by atoms with van der Waals surface area (Å²) in [5.74, 6) is 0.846. The molecule has 1 aromatic carbocycles. The Labute approximate surface area is 113 Å². The molecule has 19 heavy (non-hydrogen) atoms. The van der Waals surface area contributed by atoms with Crippen LogP contribution in [0.1, 0.15) is 26.7 Å². The summed E-state index contributed by atoms with van der Waals surface area (Å²) in [6.07, 6.45) is 1.55. The first kappa shape index (κ1) is 13.5. The maximum atomic E-state index is 11.6. The van der Waals surface area contributed by atoms with Crippen LogP contribution in [0.2, 0.25) is 0 Å². The molecule has 0 atom stereocenters. The Kier molecular flexibility index (Phi) is 3.55. The number of hydrogen-bond donors (Lipinski definition) is 1. The van der Waals surface area contributed by atoms with Gasteiger partial charge in [0.15, 0.2) is 11.5 Å². The van der Waals surface area contributed by atoms with Crippen molar-refractivity contribution in [1.29, 1.82) is 0 Å². The highest BCUT2D eigenvalue weighted by Crippen LogP contribution is 2.43. The molecular formula is C14H20N2O3. The molecule has 1 aromatic rings. The molecule has 2 rings (SSSR count). The SMILES string of the molecule is CCC1(CC)Oc2ccc(NC(=O)N(C)C)cc2O1. The summed E-state index contributed by atoms with van der Waals surface area (Å²) in [5, 5.41) is 2.79. The molecule has 0 fully saturated rings. The van der Waals surface area contributed by atoms with Crippen LogP contribution in [-0.2, 0) is 0 Å². The predicted molar refractivity (Wildman–Crippen MR) is 73.7 cm³/mol. The fourth-order valence-electron chi connectivity index (χ4n) is 1.95. The van der Waals surface area contributed by atoms with Crippen LogP contribution >= 0.6 is 0 Å². The molecule has 5 nitrogen and oxygen atoms in total. The fourth-order valence-corrected chi connectivity index (χ4v) is 1.95. The van der Waals surface area contributed by atoms with Crippen molar-refractivity contribution in [2.24, 2.45) is 0 Å². The van der Waals surface area contributed by atoms with Gasteiger partial charge in [0.2, 0.25) is 0 Å². The standard InChI is InChI=1S/C14H20N2O3/c1-5-14(6-2)18-11-8-7-10(9-12(11)19-14)15-13(17)16(3)4/h7-9H,5-6H2,1-4H3,(H,15,17). The van der Waals surface area contributed by atoms with E-state index in [2.05, 4.69) is 5.32 Å². The van der Waals surface area contributed by atoms with Crippen molar-refractivity contribution in [2.45, 2.75) is 32.5 Å². The smallest absolute Gasteiger partial charge is 0.321 e. The lowest BCUT2D eigenvalue weighted by atomic mass is 10.1. The Morgan fingerprint density at radius 3 is 2.42 bits per heavy atom. The van der Waals surface area contributed by atoms with Gasteiger partial charge in [0.1, 0.15) is 0 Å². The number of nitrogens with zero attached hydrogens (tertiary/aromatic N) is 1. The summed E-state index contributed by atoms with van der Waals surface area (Å²) in [6.45, 7) is 4.06. The summed E-state index contributed by atoms with van der Waals surface area (Å²) in [4.78, 5) is 13.1. The van der Waals surface area contributed by atoms with Crippen LogP contribution in [0.25, 0.3) is 0 Å². The first-order valence-electron chi connectivity index (χ1n) is 6.50. The van der Waals surface area contributed by atoms with Crippen molar-refractivity contribution in [3.05, 3.63) is 18.2 Å². The van der Waals surface area contributed by atoms with Gasteiger partial charge >= 0.3 is 6.03 Å². The molecule has 0 radical (unpaired) electrons. The Hall–Kier alpha value is -1.91. The number of rotatable bonds is 3. The third kappa shape index (κ3) is 2.59. The number of nitrogens with one attached hydrogen (secondary N) is 1. The number of hydrogen-bond acceptors (Lipinski definition) is 3. The molecular weight excluding hydrogens is 244 g/mol. The summed E-state index contributed by atoms with van der Waals surface area (Å²) in [5.41, 5.74) is 0.698. The number of carbonyl (C=O) groups is 1. The topological polar surface area (TPSA) is 50.8 Å². The fraction of sp³-hybridized carbons (Fsp3) is 0.500. The van der Waals surface area contributed by atoms with Gasteiger partial charge in [0.05, 0.1) is 0 Å². The van der Waals surface area contributed by atoms with Gasteiger partial charge in [-0.2, -0.15) is 0 Å². The maximum absolute atomic E-state index is 11.6. The van der Waals surface area contributed by atoms with E-state index in [9.17, 15) is 4.79 Å². The molecule has 0 bridgehead atoms. The first-order valence-corrected chi connectivity index (χ1v) is 6.50. The Bertz CT molecular complexity index is 482. The van der Waals surface area contributed by atoms with E-state index in [1.54, 1.807) is 20.2 Å². The van der Waals surface area contributed by atoms with Gasteiger partial charge in [-0.25, -0.2) is 4.79 Å². The summed E-state index contributed by atoms with van der Waals surface area (Å²) in [7, 11) is 3.39. The molecule has 1 N–H and O–H groups in total. The summed E-state index contributed by atoms with van der Waals surface area (Å²) < 4.78 is 11.7. The molecule has 0 saturated heterocycles. The second-order valence-corrected chi connectivity index (χ2v) is 4.81. The molecule has 0 aliphatic carbocycles. The second-order valence-electron chi connectivity index (χ2n) is 4.81. The van der Waals surface area contributed by atoms with Gasteiger partial charge in [0, 0.05) is 38.7 Å². The van der Waals surface area contributed by atoms with E-state index >= 15 is 0 Å². The highest BCUT2D eigenvalue weighted by molar-refractivity contribution is 5.89. The van der Waals surface area contributed by atoms with E-state index in [1.165, 1.54) is 4.90 Å². The molecule has 0 aromatic heterocycles.